The van der Waals surface area contributed by atoms with Gasteiger partial charge in [-0.05, 0) is 46.6 Å². The van der Waals surface area contributed by atoms with Crippen LogP contribution in [0, 0.1) is 0 Å². The van der Waals surface area contributed by atoms with Gasteiger partial charge in [0.25, 0.3) is 0 Å². The Kier molecular flexibility index (Phi) is 8.63. The summed E-state index contributed by atoms with van der Waals surface area (Å²) in [6, 6.07) is 0. The maximum atomic E-state index is 10.8. The van der Waals surface area contributed by atoms with Crippen LogP contribution in [0.15, 0.2) is 47.6 Å². The molecule has 0 saturated heterocycles. The van der Waals surface area contributed by atoms with Crippen molar-refractivity contribution in [2.75, 3.05) is 6.61 Å². The third kappa shape index (κ3) is 9.64. The molecular weight excluding hydrogens is 224 g/mol. The Balaban J connectivity index is 4.07. The molecular formula is C16H24O2. The number of hydrogen-bond donors (Lipinski definition) is 0. The first-order valence-electron chi connectivity index (χ1n) is 6.19. The van der Waals surface area contributed by atoms with E-state index in [2.05, 4.69) is 39.5 Å². The van der Waals surface area contributed by atoms with Crippen molar-refractivity contribution >= 4 is 5.97 Å². The highest BCUT2D eigenvalue weighted by Gasteiger charge is 1.93. The molecule has 0 unspecified atom stereocenters. The molecule has 100 valence electrons. The Labute approximate surface area is 111 Å². The van der Waals surface area contributed by atoms with Gasteiger partial charge in [-0.15, -0.1) is 0 Å². The summed E-state index contributed by atoms with van der Waals surface area (Å²) in [6.07, 6.45) is 9.42. The molecule has 0 atom stereocenters. The molecule has 0 fully saturated rings. The lowest BCUT2D eigenvalue weighted by molar-refractivity contribution is -0.136. The Bertz CT molecular complexity index is 367. The van der Waals surface area contributed by atoms with E-state index >= 15 is 0 Å². The highest BCUT2D eigenvalue weighted by Crippen LogP contribution is 2.09. The number of rotatable bonds is 7. The third-order valence-corrected chi connectivity index (χ3v) is 2.43. The van der Waals surface area contributed by atoms with E-state index in [9.17, 15) is 4.79 Å². The monoisotopic (exact) mass is 248 g/mol. The summed E-state index contributed by atoms with van der Waals surface area (Å²) < 4.78 is 4.88. The van der Waals surface area contributed by atoms with Gasteiger partial charge in [-0.1, -0.05) is 35.5 Å². The minimum Gasteiger partial charge on any atom is -0.458 e. The molecule has 0 aliphatic rings. The first-order valence-corrected chi connectivity index (χ1v) is 6.19. The van der Waals surface area contributed by atoms with Crippen LogP contribution in [0.1, 0.15) is 40.5 Å². The van der Waals surface area contributed by atoms with Gasteiger partial charge in [0.2, 0.25) is 0 Å². The second kappa shape index (κ2) is 9.46. The SMILES string of the molecule is C=CC(=O)OCC=C(C)CC=C(C)CC=C(C)C. The summed E-state index contributed by atoms with van der Waals surface area (Å²) in [6.45, 7) is 12.0. The van der Waals surface area contributed by atoms with Crippen molar-refractivity contribution in [1.82, 2.24) is 0 Å². The van der Waals surface area contributed by atoms with Gasteiger partial charge in [-0.3, -0.25) is 0 Å². The summed E-state index contributed by atoms with van der Waals surface area (Å²) >= 11 is 0. The van der Waals surface area contributed by atoms with Gasteiger partial charge in [0, 0.05) is 6.08 Å². The van der Waals surface area contributed by atoms with Gasteiger partial charge in [0.05, 0.1) is 0 Å². The predicted molar refractivity (Wildman–Crippen MR) is 77.3 cm³/mol. The average Bonchev–Trinajstić information content (AvgIpc) is 2.33. The maximum absolute atomic E-state index is 10.8. The fourth-order valence-corrected chi connectivity index (χ4v) is 1.19. The van der Waals surface area contributed by atoms with Gasteiger partial charge in [0.1, 0.15) is 6.61 Å². The Morgan fingerprint density at radius 2 is 1.56 bits per heavy atom. The zero-order valence-corrected chi connectivity index (χ0v) is 12.0. The van der Waals surface area contributed by atoms with Crippen LogP contribution in [-0.2, 0) is 9.53 Å². The van der Waals surface area contributed by atoms with Crippen molar-refractivity contribution in [3.8, 4) is 0 Å². The lowest BCUT2D eigenvalue weighted by Gasteiger charge is -2.01. The van der Waals surface area contributed by atoms with Crippen molar-refractivity contribution in [3.05, 3.63) is 47.6 Å². The minimum absolute atomic E-state index is 0.317. The van der Waals surface area contributed by atoms with Crippen molar-refractivity contribution < 1.29 is 9.53 Å². The molecule has 0 aromatic rings. The fraction of sp³-hybridized carbons (Fsp3) is 0.438. The van der Waals surface area contributed by atoms with Crippen LogP contribution < -0.4 is 0 Å². The van der Waals surface area contributed by atoms with E-state index in [-0.39, 0.29) is 5.97 Å². The molecule has 0 aromatic carbocycles. The molecule has 0 N–H and O–H groups in total. The molecule has 0 aliphatic heterocycles. The molecule has 0 radical (unpaired) electrons. The van der Waals surface area contributed by atoms with Gasteiger partial charge < -0.3 is 4.74 Å². The number of carbonyl (C=O) groups excluding carboxylic acids is 1. The number of hydrogen-bond acceptors (Lipinski definition) is 2. The second-order valence-electron chi connectivity index (χ2n) is 4.62. The Morgan fingerprint density at radius 1 is 1.00 bits per heavy atom. The van der Waals surface area contributed by atoms with Gasteiger partial charge in [0.15, 0.2) is 0 Å². The third-order valence-electron chi connectivity index (χ3n) is 2.43. The number of ether oxygens (including phenoxy) is 1. The predicted octanol–water partition coefficient (Wildman–Crippen LogP) is 4.35. The van der Waals surface area contributed by atoms with Gasteiger partial charge in [-0.25, -0.2) is 4.79 Å². The van der Waals surface area contributed by atoms with Crippen molar-refractivity contribution in [2.24, 2.45) is 0 Å². The lowest BCUT2D eigenvalue weighted by atomic mass is 10.1. The van der Waals surface area contributed by atoms with Crippen LogP contribution >= 0.6 is 0 Å². The summed E-state index contributed by atoms with van der Waals surface area (Å²) in [5, 5.41) is 0. The highest BCUT2D eigenvalue weighted by atomic mass is 16.5. The first kappa shape index (κ1) is 16.4. The number of allylic oxidation sites excluding steroid dienone is 5. The topological polar surface area (TPSA) is 26.3 Å². The van der Waals surface area contributed by atoms with E-state index < -0.39 is 0 Å². The molecule has 2 heteroatoms. The molecule has 0 spiro atoms. The Morgan fingerprint density at radius 3 is 2.11 bits per heavy atom. The van der Waals surface area contributed by atoms with Crippen LogP contribution in [-0.4, -0.2) is 12.6 Å². The molecule has 0 aliphatic carbocycles. The Hall–Kier alpha value is -1.57. The van der Waals surface area contributed by atoms with E-state index in [4.69, 9.17) is 4.74 Å². The fourth-order valence-electron chi connectivity index (χ4n) is 1.19. The van der Waals surface area contributed by atoms with Crippen LogP contribution in [0.3, 0.4) is 0 Å². The summed E-state index contributed by atoms with van der Waals surface area (Å²) in [7, 11) is 0. The molecule has 2 nitrogen and oxygen atoms in total. The molecule has 0 bridgehead atoms. The summed E-state index contributed by atoms with van der Waals surface area (Å²) in [5.41, 5.74) is 3.89. The van der Waals surface area contributed by atoms with E-state index in [1.54, 1.807) is 0 Å². The summed E-state index contributed by atoms with van der Waals surface area (Å²) in [4.78, 5) is 10.8. The highest BCUT2D eigenvalue weighted by molar-refractivity contribution is 5.81. The van der Waals surface area contributed by atoms with Crippen LogP contribution in [0.25, 0.3) is 0 Å². The van der Waals surface area contributed by atoms with E-state index in [1.165, 1.54) is 22.8 Å². The largest absolute Gasteiger partial charge is 0.458 e. The van der Waals surface area contributed by atoms with Crippen molar-refractivity contribution in [2.45, 2.75) is 40.5 Å². The molecule has 0 aromatic heterocycles. The smallest absolute Gasteiger partial charge is 0.330 e. The molecule has 0 rings (SSSR count). The molecule has 0 amide bonds. The normalized spacial score (nSPS) is 12.0. The van der Waals surface area contributed by atoms with E-state index in [1.807, 2.05) is 13.0 Å². The zero-order chi connectivity index (χ0) is 14.0. The van der Waals surface area contributed by atoms with Crippen LogP contribution in [0.5, 0.6) is 0 Å². The van der Waals surface area contributed by atoms with Crippen LogP contribution in [0.4, 0.5) is 0 Å². The van der Waals surface area contributed by atoms with E-state index in [0.717, 1.165) is 12.8 Å². The first-order chi connectivity index (χ1) is 8.45. The van der Waals surface area contributed by atoms with Crippen molar-refractivity contribution in [3.63, 3.8) is 0 Å². The van der Waals surface area contributed by atoms with Gasteiger partial charge >= 0.3 is 5.97 Å². The zero-order valence-electron chi connectivity index (χ0n) is 12.0. The molecule has 18 heavy (non-hydrogen) atoms. The summed E-state index contributed by atoms with van der Waals surface area (Å²) in [5.74, 6) is -0.380. The number of esters is 1. The standard InChI is InChI=1S/C16H24O2/c1-6-16(17)18-12-11-15(5)10-9-14(4)8-7-13(2)3/h6-7,9,11H,1,8,10,12H2,2-5H3. The molecule has 0 saturated carbocycles. The van der Waals surface area contributed by atoms with Crippen LogP contribution in [0.2, 0.25) is 0 Å². The average molecular weight is 248 g/mol. The lowest BCUT2D eigenvalue weighted by Crippen LogP contribution is -1.99. The minimum atomic E-state index is -0.380. The second-order valence-corrected chi connectivity index (χ2v) is 4.62. The quantitative estimate of drug-likeness (QED) is 0.380. The number of carbonyl (C=O) groups is 1. The molecule has 0 heterocycles. The maximum Gasteiger partial charge on any atom is 0.330 e. The van der Waals surface area contributed by atoms with E-state index in [0.29, 0.717) is 6.61 Å². The van der Waals surface area contributed by atoms with Crippen molar-refractivity contribution in [1.29, 1.82) is 0 Å². The van der Waals surface area contributed by atoms with Gasteiger partial charge in [-0.2, -0.15) is 0 Å².